The lowest BCUT2D eigenvalue weighted by atomic mass is 10.2. The minimum absolute atomic E-state index is 0.0620. The monoisotopic (exact) mass is 311 g/mol. The van der Waals surface area contributed by atoms with Crippen molar-refractivity contribution < 1.29 is 14.3 Å². The summed E-state index contributed by atoms with van der Waals surface area (Å²) in [4.78, 5) is 12.4. The van der Waals surface area contributed by atoms with Crippen LogP contribution in [-0.2, 0) is 0 Å². The summed E-state index contributed by atoms with van der Waals surface area (Å²) < 4.78 is 11.1. The van der Waals surface area contributed by atoms with E-state index in [-0.39, 0.29) is 12.0 Å². The Morgan fingerprint density at radius 1 is 1.17 bits per heavy atom. The van der Waals surface area contributed by atoms with Crippen molar-refractivity contribution in [2.45, 2.75) is 20.0 Å². The maximum atomic E-state index is 12.4. The second-order valence-corrected chi connectivity index (χ2v) is 5.28. The molecule has 23 heavy (non-hydrogen) atoms. The summed E-state index contributed by atoms with van der Waals surface area (Å²) in [5, 5.41) is 2.86. The summed E-state index contributed by atoms with van der Waals surface area (Å²) in [6.45, 7) is 7.92. The van der Waals surface area contributed by atoms with E-state index in [0.29, 0.717) is 29.4 Å². The number of rotatable bonds is 7. The number of anilines is 1. The van der Waals surface area contributed by atoms with Gasteiger partial charge in [-0.3, -0.25) is 4.79 Å². The van der Waals surface area contributed by atoms with E-state index < -0.39 is 0 Å². The molecular formula is C19H21NO3. The Morgan fingerprint density at radius 2 is 1.91 bits per heavy atom. The van der Waals surface area contributed by atoms with Crippen LogP contribution in [-0.4, -0.2) is 18.6 Å². The van der Waals surface area contributed by atoms with Gasteiger partial charge in [0, 0.05) is 17.3 Å². The number of amides is 1. The number of carbonyl (C=O) groups is 1. The molecule has 0 aliphatic carbocycles. The molecule has 1 N–H and O–H groups in total. The predicted molar refractivity (Wildman–Crippen MR) is 92.3 cm³/mol. The van der Waals surface area contributed by atoms with Crippen LogP contribution in [0.5, 0.6) is 11.5 Å². The topological polar surface area (TPSA) is 47.6 Å². The Hall–Kier alpha value is -2.75. The SMILES string of the molecule is C=CCOc1cccc(NC(=O)c2cccc(OC(C)C)c2)c1. The number of hydrogen-bond donors (Lipinski definition) is 1. The van der Waals surface area contributed by atoms with Crippen molar-refractivity contribution >= 4 is 11.6 Å². The maximum absolute atomic E-state index is 12.4. The van der Waals surface area contributed by atoms with Crippen LogP contribution in [0.25, 0.3) is 0 Å². The highest BCUT2D eigenvalue weighted by atomic mass is 16.5. The van der Waals surface area contributed by atoms with Gasteiger partial charge in [0.05, 0.1) is 6.10 Å². The van der Waals surface area contributed by atoms with Crippen molar-refractivity contribution in [3.8, 4) is 11.5 Å². The highest BCUT2D eigenvalue weighted by Crippen LogP contribution is 2.20. The van der Waals surface area contributed by atoms with Crippen LogP contribution in [0.1, 0.15) is 24.2 Å². The first-order valence-electron chi connectivity index (χ1n) is 7.50. The van der Waals surface area contributed by atoms with E-state index in [9.17, 15) is 4.79 Å². The molecular weight excluding hydrogens is 290 g/mol. The zero-order chi connectivity index (χ0) is 16.7. The second kappa shape index (κ2) is 8.03. The van der Waals surface area contributed by atoms with Crippen molar-refractivity contribution in [2.24, 2.45) is 0 Å². The zero-order valence-corrected chi connectivity index (χ0v) is 13.4. The summed E-state index contributed by atoms with van der Waals surface area (Å²) >= 11 is 0. The molecule has 2 rings (SSSR count). The molecule has 0 fully saturated rings. The van der Waals surface area contributed by atoms with E-state index in [4.69, 9.17) is 9.47 Å². The van der Waals surface area contributed by atoms with Crippen molar-refractivity contribution in [3.63, 3.8) is 0 Å². The fraction of sp³-hybridized carbons (Fsp3) is 0.211. The zero-order valence-electron chi connectivity index (χ0n) is 13.4. The van der Waals surface area contributed by atoms with Gasteiger partial charge < -0.3 is 14.8 Å². The summed E-state index contributed by atoms with van der Waals surface area (Å²) in [6, 6.07) is 14.4. The predicted octanol–water partition coefficient (Wildman–Crippen LogP) is 4.29. The molecule has 0 unspecified atom stereocenters. The lowest BCUT2D eigenvalue weighted by molar-refractivity contribution is 0.102. The van der Waals surface area contributed by atoms with Gasteiger partial charge in [0.2, 0.25) is 0 Å². The first kappa shape index (κ1) is 16.6. The van der Waals surface area contributed by atoms with E-state index in [2.05, 4.69) is 11.9 Å². The molecule has 1 amide bonds. The standard InChI is InChI=1S/C19H21NO3/c1-4-11-22-17-9-6-8-16(13-17)20-19(21)15-7-5-10-18(12-15)23-14(2)3/h4-10,12-14H,1,11H2,2-3H3,(H,20,21). The molecule has 0 bridgehead atoms. The molecule has 0 heterocycles. The number of benzene rings is 2. The maximum Gasteiger partial charge on any atom is 0.255 e. The molecule has 0 saturated carbocycles. The number of carbonyl (C=O) groups excluding carboxylic acids is 1. The molecule has 4 heteroatoms. The van der Waals surface area contributed by atoms with Gasteiger partial charge in [-0.15, -0.1) is 0 Å². The number of nitrogens with one attached hydrogen (secondary N) is 1. The fourth-order valence-corrected chi connectivity index (χ4v) is 2.00. The van der Waals surface area contributed by atoms with Crippen molar-refractivity contribution in [2.75, 3.05) is 11.9 Å². The van der Waals surface area contributed by atoms with Crippen LogP contribution < -0.4 is 14.8 Å². The lowest BCUT2D eigenvalue weighted by Gasteiger charge is -2.11. The summed E-state index contributed by atoms with van der Waals surface area (Å²) in [6.07, 6.45) is 1.73. The smallest absolute Gasteiger partial charge is 0.255 e. The Morgan fingerprint density at radius 3 is 2.65 bits per heavy atom. The molecule has 0 saturated heterocycles. The minimum atomic E-state index is -0.194. The Bertz CT molecular complexity index is 680. The third kappa shape index (κ3) is 5.18. The van der Waals surface area contributed by atoms with Crippen molar-refractivity contribution in [3.05, 3.63) is 66.7 Å². The second-order valence-electron chi connectivity index (χ2n) is 5.28. The fourth-order valence-electron chi connectivity index (χ4n) is 2.00. The number of hydrogen-bond acceptors (Lipinski definition) is 3. The third-order valence-corrected chi connectivity index (χ3v) is 2.93. The van der Waals surface area contributed by atoms with E-state index >= 15 is 0 Å². The molecule has 0 atom stereocenters. The van der Waals surface area contributed by atoms with Crippen molar-refractivity contribution in [1.29, 1.82) is 0 Å². The lowest BCUT2D eigenvalue weighted by Crippen LogP contribution is -2.12. The van der Waals surface area contributed by atoms with Crippen LogP contribution >= 0.6 is 0 Å². The average molecular weight is 311 g/mol. The summed E-state index contributed by atoms with van der Waals surface area (Å²) in [7, 11) is 0. The Labute approximate surface area is 136 Å². The molecule has 0 radical (unpaired) electrons. The first-order chi connectivity index (χ1) is 11.1. The van der Waals surface area contributed by atoms with Crippen LogP contribution in [0, 0.1) is 0 Å². The van der Waals surface area contributed by atoms with E-state index in [1.807, 2.05) is 38.1 Å². The molecule has 0 aliphatic heterocycles. The largest absolute Gasteiger partial charge is 0.491 e. The summed E-state index contributed by atoms with van der Waals surface area (Å²) in [5.41, 5.74) is 1.22. The quantitative estimate of drug-likeness (QED) is 0.776. The van der Waals surface area contributed by atoms with Crippen LogP contribution in [0.15, 0.2) is 61.2 Å². The Balaban J connectivity index is 2.08. The molecule has 0 aliphatic rings. The van der Waals surface area contributed by atoms with Gasteiger partial charge in [-0.1, -0.05) is 24.8 Å². The first-order valence-corrected chi connectivity index (χ1v) is 7.50. The van der Waals surface area contributed by atoms with Gasteiger partial charge in [-0.05, 0) is 44.2 Å². The molecule has 4 nitrogen and oxygen atoms in total. The average Bonchev–Trinajstić information content (AvgIpc) is 2.53. The molecule has 2 aromatic rings. The van der Waals surface area contributed by atoms with E-state index in [0.717, 1.165) is 0 Å². The third-order valence-electron chi connectivity index (χ3n) is 2.93. The van der Waals surface area contributed by atoms with Crippen LogP contribution in [0.2, 0.25) is 0 Å². The van der Waals surface area contributed by atoms with Crippen LogP contribution in [0.4, 0.5) is 5.69 Å². The van der Waals surface area contributed by atoms with Gasteiger partial charge >= 0.3 is 0 Å². The van der Waals surface area contributed by atoms with Gasteiger partial charge in [0.1, 0.15) is 18.1 Å². The van der Waals surface area contributed by atoms with E-state index in [1.165, 1.54) is 0 Å². The van der Waals surface area contributed by atoms with Crippen LogP contribution in [0.3, 0.4) is 0 Å². The molecule has 0 aromatic heterocycles. The molecule has 120 valence electrons. The van der Waals surface area contributed by atoms with Gasteiger partial charge in [0.15, 0.2) is 0 Å². The minimum Gasteiger partial charge on any atom is -0.491 e. The number of ether oxygens (including phenoxy) is 2. The Kier molecular flexibility index (Phi) is 5.80. The summed E-state index contributed by atoms with van der Waals surface area (Å²) in [5.74, 6) is 1.16. The van der Waals surface area contributed by atoms with Crippen molar-refractivity contribution in [1.82, 2.24) is 0 Å². The highest BCUT2D eigenvalue weighted by Gasteiger charge is 2.08. The molecule has 0 spiro atoms. The van der Waals surface area contributed by atoms with Gasteiger partial charge in [0.25, 0.3) is 5.91 Å². The van der Waals surface area contributed by atoms with E-state index in [1.54, 1.807) is 30.3 Å². The highest BCUT2D eigenvalue weighted by molar-refractivity contribution is 6.04. The normalized spacial score (nSPS) is 10.2. The van der Waals surface area contributed by atoms with Gasteiger partial charge in [-0.2, -0.15) is 0 Å². The molecule has 2 aromatic carbocycles. The van der Waals surface area contributed by atoms with Gasteiger partial charge in [-0.25, -0.2) is 0 Å².